The highest BCUT2D eigenvalue weighted by molar-refractivity contribution is 7.89. The highest BCUT2D eigenvalue weighted by Gasteiger charge is 2.32. The average Bonchev–Trinajstić information content (AvgIpc) is 2.43. The monoisotopic (exact) mass is 308 g/mol. The van der Waals surface area contributed by atoms with Gasteiger partial charge in [-0.2, -0.15) is 4.31 Å². The number of sulfonamides is 1. The van der Waals surface area contributed by atoms with Gasteiger partial charge in [0.2, 0.25) is 10.0 Å². The van der Waals surface area contributed by atoms with Crippen LogP contribution in [0.4, 0.5) is 0 Å². The van der Waals surface area contributed by atoms with Crippen LogP contribution in [0.2, 0.25) is 0 Å². The SMILES string of the molecule is CCCNCC(C)S(=O)(=O)N(CCOC)C(CC)CC. The molecule has 5 nitrogen and oxygen atoms in total. The summed E-state index contributed by atoms with van der Waals surface area (Å²) in [5.74, 6) is 0. The maximum absolute atomic E-state index is 12.7. The fourth-order valence-electron chi connectivity index (χ4n) is 2.21. The Bertz CT molecular complexity index is 329. The molecule has 6 heteroatoms. The Labute approximate surface area is 125 Å². The molecular weight excluding hydrogens is 276 g/mol. The van der Waals surface area contributed by atoms with Gasteiger partial charge in [0.15, 0.2) is 0 Å². The number of hydrogen-bond acceptors (Lipinski definition) is 4. The summed E-state index contributed by atoms with van der Waals surface area (Å²) in [5.41, 5.74) is 0. The van der Waals surface area contributed by atoms with Crippen LogP contribution in [0.1, 0.15) is 47.0 Å². The molecule has 20 heavy (non-hydrogen) atoms. The molecule has 1 atom stereocenters. The van der Waals surface area contributed by atoms with Crippen LogP contribution in [0.3, 0.4) is 0 Å². The van der Waals surface area contributed by atoms with Crippen molar-refractivity contribution in [1.29, 1.82) is 0 Å². The molecule has 0 aliphatic carbocycles. The van der Waals surface area contributed by atoms with Gasteiger partial charge in [-0.3, -0.25) is 0 Å². The van der Waals surface area contributed by atoms with Crippen LogP contribution >= 0.6 is 0 Å². The van der Waals surface area contributed by atoms with E-state index in [0.717, 1.165) is 25.8 Å². The molecule has 0 aromatic carbocycles. The molecular formula is C14H32N2O3S. The van der Waals surface area contributed by atoms with Crippen LogP contribution in [0, 0.1) is 0 Å². The van der Waals surface area contributed by atoms with E-state index in [1.165, 1.54) is 0 Å². The van der Waals surface area contributed by atoms with E-state index >= 15 is 0 Å². The molecule has 0 rings (SSSR count). The Morgan fingerprint density at radius 1 is 1.20 bits per heavy atom. The molecule has 0 amide bonds. The first kappa shape index (κ1) is 19.8. The molecule has 0 aromatic heterocycles. The zero-order valence-corrected chi connectivity index (χ0v) is 14.5. The molecule has 0 saturated carbocycles. The van der Waals surface area contributed by atoms with Gasteiger partial charge >= 0.3 is 0 Å². The standard InChI is InChI=1S/C14H32N2O3S/c1-6-9-15-12-13(4)20(17,18)16(10-11-19-5)14(7-2)8-3/h13-15H,6-12H2,1-5H3. The van der Waals surface area contributed by atoms with Crippen molar-refractivity contribution in [2.45, 2.75) is 58.2 Å². The number of methoxy groups -OCH3 is 1. The fourth-order valence-corrected chi connectivity index (χ4v) is 4.05. The molecule has 0 aliphatic heterocycles. The molecule has 0 heterocycles. The van der Waals surface area contributed by atoms with E-state index in [-0.39, 0.29) is 6.04 Å². The third-order valence-electron chi connectivity index (χ3n) is 3.56. The molecule has 0 fully saturated rings. The predicted octanol–water partition coefficient (Wildman–Crippen LogP) is 1.84. The highest BCUT2D eigenvalue weighted by Crippen LogP contribution is 2.17. The van der Waals surface area contributed by atoms with Gasteiger partial charge in [-0.1, -0.05) is 20.8 Å². The van der Waals surface area contributed by atoms with Crippen LogP contribution in [0.25, 0.3) is 0 Å². The highest BCUT2D eigenvalue weighted by atomic mass is 32.2. The lowest BCUT2D eigenvalue weighted by Crippen LogP contribution is -2.48. The van der Waals surface area contributed by atoms with Crippen molar-refractivity contribution < 1.29 is 13.2 Å². The van der Waals surface area contributed by atoms with E-state index < -0.39 is 15.3 Å². The lowest BCUT2D eigenvalue weighted by Gasteiger charge is -2.32. The number of ether oxygens (including phenoxy) is 1. The smallest absolute Gasteiger partial charge is 0.218 e. The Kier molecular flexibility index (Phi) is 10.5. The minimum absolute atomic E-state index is 0.0591. The minimum atomic E-state index is -3.29. The first-order chi connectivity index (χ1) is 9.45. The topological polar surface area (TPSA) is 58.6 Å². The van der Waals surface area contributed by atoms with Crippen LogP contribution in [-0.2, 0) is 14.8 Å². The molecule has 122 valence electrons. The second kappa shape index (κ2) is 10.5. The third-order valence-corrected chi connectivity index (χ3v) is 5.88. The van der Waals surface area contributed by atoms with Gasteiger partial charge in [0, 0.05) is 26.2 Å². The maximum atomic E-state index is 12.7. The number of nitrogens with zero attached hydrogens (tertiary/aromatic N) is 1. The van der Waals surface area contributed by atoms with E-state index in [1.54, 1.807) is 18.3 Å². The van der Waals surface area contributed by atoms with Crippen molar-refractivity contribution in [3.8, 4) is 0 Å². The van der Waals surface area contributed by atoms with Gasteiger partial charge in [0.05, 0.1) is 11.9 Å². The van der Waals surface area contributed by atoms with Crippen molar-refractivity contribution >= 4 is 10.0 Å². The van der Waals surface area contributed by atoms with Crippen molar-refractivity contribution in [2.24, 2.45) is 0 Å². The van der Waals surface area contributed by atoms with Crippen molar-refractivity contribution in [3.05, 3.63) is 0 Å². The second-order valence-electron chi connectivity index (χ2n) is 5.13. The Morgan fingerprint density at radius 3 is 2.25 bits per heavy atom. The Balaban J connectivity index is 4.90. The zero-order chi connectivity index (χ0) is 15.6. The van der Waals surface area contributed by atoms with Crippen LogP contribution < -0.4 is 5.32 Å². The minimum Gasteiger partial charge on any atom is -0.383 e. The van der Waals surface area contributed by atoms with Gasteiger partial charge in [-0.15, -0.1) is 0 Å². The molecule has 0 saturated heterocycles. The third kappa shape index (κ3) is 6.08. The summed E-state index contributed by atoms with van der Waals surface area (Å²) in [7, 11) is -1.69. The normalized spacial score (nSPS) is 14.2. The van der Waals surface area contributed by atoms with Crippen molar-refractivity contribution in [1.82, 2.24) is 9.62 Å². The summed E-state index contributed by atoms with van der Waals surface area (Å²) in [4.78, 5) is 0. The Hall–Kier alpha value is -0.170. The number of nitrogens with one attached hydrogen (secondary N) is 1. The Morgan fingerprint density at radius 2 is 1.80 bits per heavy atom. The quantitative estimate of drug-likeness (QED) is 0.559. The van der Waals surface area contributed by atoms with E-state index in [4.69, 9.17) is 4.74 Å². The molecule has 0 aromatic rings. The van der Waals surface area contributed by atoms with Crippen LogP contribution in [0.5, 0.6) is 0 Å². The molecule has 1 unspecified atom stereocenters. The van der Waals surface area contributed by atoms with E-state index in [1.807, 2.05) is 13.8 Å². The molecule has 1 N–H and O–H groups in total. The van der Waals surface area contributed by atoms with Gasteiger partial charge < -0.3 is 10.1 Å². The summed E-state index contributed by atoms with van der Waals surface area (Å²) in [6.07, 6.45) is 2.66. The number of rotatable bonds is 12. The van der Waals surface area contributed by atoms with E-state index in [0.29, 0.717) is 19.7 Å². The van der Waals surface area contributed by atoms with Gasteiger partial charge in [-0.05, 0) is 32.7 Å². The van der Waals surface area contributed by atoms with Crippen LogP contribution in [0.15, 0.2) is 0 Å². The first-order valence-electron chi connectivity index (χ1n) is 7.65. The van der Waals surface area contributed by atoms with Crippen molar-refractivity contribution in [3.63, 3.8) is 0 Å². The van der Waals surface area contributed by atoms with E-state index in [2.05, 4.69) is 12.2 Å². The molecule has 0 aliphatic rings. The van der Waals surface area contributed by atoms with Crippen molar-refractivity contribution in [2.75, 3.05) is 33.4 Å². The fraction of sp³-hybridized carbons (Fsp3) is 1.00. The largest absolute Gasteiger partial charge is 0.383 e. The van der Waals surface area contributed by atoms with Crippen LogP contribution in [-0.4, -0.2) is 57.4 Å². The zero-order valence-electron chi connectivity index (χ0n) is 13.7. The van der Waals surface area contributed by atoms with E-state index in [9.17, 15) is 8.42 Å². The van der Waals surface area contributed by atoms with Gasteiger partial charge in [0.25, 0.3) is 0 Å². The second-order valence-corrected chi connectivity index (χ2v) is 7.44. The summed E-state index contributed by atoms with van der Waals surface area (Å²) in [6.45, 7) is 10.1. The lowest BCUT2D eigenvalue weighted by molar-refractivity contribution is 0.163. The molecule has 0 radical (unpaired) electrons. The van der Waals surface area contributed by atoms with Gasteiger partial charge in [-0.25, -0.2) is 8.42 Å². The first-order valence-corrected chi connectivity index (χ1v) is 9.16. The lowest BCUT2D eigenvalue weighted by atomic mass is 10.2. The summed E-state index contributed by atoms with van der Waals surface area (Å²) >= 11 is 0. The van der Waals surface area contributed by atoms with Gasteiger partial charge in [0.1, 0.15) is 0 Å². The summed E-state index contributed by atoms with van der Waals surface area (Å²) in [6, 6.07) is 0.0591. The summed E-state index contributed by atoms with van der Waals surface area (Å²) < 4.78 is 32.1. The average molecular weight is 308 g/mol. The number of hydrogen-bond donors (Lipinski definition) is 1. The maximum Gasteiger partial charge on any atom is 0.218 e. The molecule has 0 bridgehead atoms. The predicted molar refractivity (Wildman–Crippen MR) is 84.5 cm³/mol. The molecule has 0 spiro atoms. The summed E-state index contributed by atoms with van der Waals surface area (Å²) in [5, 5.41) is 2.78.